The molecule has 148 valence electrons. The Morgan fingerprint density at radius 1 is 1.25 bits per heavy atom. The molecule has 0 atom stereocenters. The topological polar surface area (TPSA) is 72.4 Å². The summed E-state index contributed by atoms with van der Waals surface area (Å²) in [6.07, 6.45) is 3.97. The molecule has 1 aliphatic heterocycles. The van der Waals surface area contributed by atoms with E-state index in [2.05, 4.69) is 71.8 Å². The molecule has 0 radical (unpaired) electrons. The second kappa shape index (κ2) is 8.60. The first-order valence-electron chi connectivity index (χ1n) is 9.86. The van der Waals surface area contributed by atoms with Crippen molar-refractivity contribution in [2.75, 3.05) is 44.7 Å². The third-order valence-electron chi connectivity index (χ3n) is 5.19. The molecule has 2 aromatic heterocycles. The van der Waals surface area contributed by atoms with Crippen LogP contribution < -0.4 is 10.2 Å². The molecule has 0 bridgehead atoms. The minimum Gasteiger partial charge on any atom is -0.361 e. The highest BCUT2D eigenvalue weighted by Gasteiger charge is 2.22. The lowest BCUT2D eigenvalue weighted by molar-refractivity contribution is 0.372. The normalized spacial score (nSPS) is 15.4. The van der Waals surface area contributed by atoms with Crippen LogP contribution in [0.4, 0.5) is 5.13 Å². The number of aromatic amines is 1. The third kappa shape index (κ3) is 3.96. The van der Waals surface area contributed by atoms with Crippen molar-refractivity contribution in [1.82, 2.24) is 24.6 Å². The number of nitrogens with zero attached hydrogens (tertiary/aromatic N) is 5. The Kier molecular flexibility index (Phi) is 5.76. The molecule has 3 heterocycles. The lowest BCUT2D eigenvalue weighted by Gasteiger charge is -2.36. The zero-order chi connectivity index (χ0) is 19.3. The molecule has 1 aromatic carbocycles. The maximum atomic E-state index is 4.61. The van der Waals surface area contributed by atoms with Crippen LogP contribution in [-0.4, -0.2) is 65.0 Å². The van der Waals surface area contributed by atoms with E-state index in [4.69, 9.17) is 0 Å². The predicted octanol–water partition coefficient (Wildman–Crippen LogP) is 2.52. The Morgan fingerprint density at radius 2 is 2.07 bits per heavy atom. The molecule has 1 fully saturated rings. The highest BCUT2D eigenvalue weighted by Crippen LogP contribution is 2.20. The quantitative estimate of drug-likeness (QED) is 0.511. The molecule has 0 amide bonds. The van der Waals surface area contributed by atoms with E-state index >= 15 is 0 Å². The maximum absolute atomic E-state index is 4.61. The first kappa shape index (κ1) is 18.7. The molecule has 4 rings (SSSR count). The zero-order valence-electron chi connectivity index (χ0n) is 16.5. The van der Waals surface area contributed by atoms with Crippen LogP contribution in [0.2, 0.25) is 0 Å². The molecule has 8 heteroatoms. The Bertz CT molecular complexity index is 937. The molecule has 1 aliphatic rings. The van der Waals surface area contributed by atoms with Gasteiger partial charge in [-0.3, -0.25) is 4.99 Å². The van der Waals surface area contributed by atoms with Gasteiger partial charge in [0.05, 0.1) is 0 Å². The fraction of sp³-hybridized carbons (Fsp3) is 0.450. The van der Waals surface area contributed by atoms with Gasteiger partial charge in [0, 0.05) is 74.8 Å². The first-order valence-corrected chi connectivity index (χ1v) is 10.6. The van der Waals surface area contributed by atoms with E-state index < -0.39 is 0 Å². The number of nitrogens with one attached hydrogen (secondary N) is 2. The summed E-state index contributed by atoms with van der Waals surface area (Å²) in [5.74, 6) is 1.92. The SMILES string of the molecule is CCc1nsc(N2CCN(C(=NC)NCCc3c[nH]c4ccccc34)CC2)n1. The highest BCUT2D eigenvalue weighted by molar-refractivity contribution is 7.09. The number of hydrogen-bond acceptors (Lipinski definition) is 5. The lowest BCUT2D eigenvalue weighted by Crippen LogP contribution is -2.52. The van der Waals surface area contributed by atoms with E-state index in [1.54, 1.807) is 0 Å². The van der Waals surface area contributed by atoms with E-state index in [1.807, 2.05) is 7.05 Å². The van der Waals surface area contributed by atoms with Crippen molar-refractivity contribution in [3.05, 3.63) is 41.9 Å². The van der Waals surface area contributed by atoms with E-state index in [0.29, 0.717) is 0 Å². The van der Waals surface area contributed by atoms with Crippen molar-refractivity contribution < 1.29 is 0 Å². The Hall–Kier alpha value is -2.61. The van der Waals surface area contributed by atoms with Gasteiger partial charge < -0.3 is 20.1 Å². The van der Waals surface area contributed by atoms with Crippen LogP contribution >= 0.6 is 11.5 Å². The standard InChI is InChI=1S/C20H27N7S/c1-3-18-24-20(28-25-18)27-12-10-26(11-13-27)19(21-2)22-9-8-15-14-23-17-7-5-4-6-16(15)17/h4-7,14,23H,3,8-13H2,1-2H3,(H,21,22). The summed E-state index contributed by atoms with van der Waals surface area (Å²) < 4.78 is 4.40. The van der Waals surface area contributed by atoms with Gasteiger partial charge in [-0.25, -0.2) is 4.98 Å². The fourth-order valence-corrected chi connectivity index (χ4v) is 4.41. The number of anilines is 1. The number of H-pyrrole nitrogens is 1. The van der Waals surface area contributed by atoms with E-state index in [-0.39, 0.29) is 0 Å². The number of piperazine rings is 1. The van der Waals surface area contributed by atoms with Gasteiger partial charge in [0.1, 0.15) is 5.82 Å². The molecular weight excluding hydrogens is 370 g/mol. The number of benzene rings is 1. The molecule has 7 nitrogen and oxygen atoms in total. The third-order valence-corrected chi connectivity index (χ3v) is 6.00. The number of guanidine groups is 1. The summed E-state index contributed by atoms with van der Waals surface area (Å²) in [6, 6.07) is 8.44. The van der Waals surface area contributed by atoms with E-state index in [1.165, 1.54) is 28.0 Å². The van der Waals surface area contributed by atoms with Crippen molar-refractivity contribution in [3.8, 4) is 0 Å². The number of aromatic nitrogens is 3. The molecular formula is C20H27N7S. The number of rotatable bonds is 5. The fourth-order valence-electron chi connectivity index (χ4n) is 3.61. The van der Waals surface area contributed by atoms with Gasteiger partial charge in [0.25, 0.3) is 0 Å². The van der Waals surface area contributed by atoms with Crippen LogP contribution in [-0.2, 0) is 12.8 Å². The maximum Gasteiger partial charge on any atom is 0.205 e. The first-order chi connectivity index (χ1) is 13.8. The monoisotopic (exact) mass is 397 g/mol. The molecule has 1 saturated heterocycles. The largest absolute Gasteiger partial charge is 0.361 e. The second-order valence-corrected chi connectivity index (χ2v) is 7.63. The average molecular weight is 398 g/mol. The lowest BCUT2D eigenvalue weighted by atomic mass is 10.1. The molecule has 3 aromatic rings. The van der Waals surface area contributed by atoms with Crippen molar-refractivity contribution in [2.24, 2.45) is 4.99 Å². The molecule has 0 spiro atoms. The van der Waals surface area contributed by atoms with Gasteiger partial charge in [-0.15, -0.1) is 0 Å². The summed E-state index contributed by atoms with van der Waals surface area (Å²) in [4.78, 5) is 17.1. The number of fused-ring (bicyclic) bond motifs is 1. The molecule has 0 unspecified atom stereocenters. The highest BCUT2D eigenvalue weighted by atomic mass is 32.1. The average Bonchev–Trinajstić information content (AvgIpc) is 3.39. The Morgan fingerprint density at radius 3 is 2.82 bits per heavy atom. The summed E-state index contributed by atoms with van der Waals surface area (Å²) in [7, 11) is 1.86. The van der Waals surface area contributed by atoms with Gasteiger partial charge in [-0.05, 0) is 18.1 Å². The zero-order valence-corrected chi connectivity index (χ0v) is 17.3. The van der Waals surface area contributed by atoms with Gasteiger partial charge in [0.15, 0.2) is 5.96 Å². The second-order valence-electron chi connectivity index (χ2n) is 6.90. The molecule has 0 saturated carbocycles. The minimum absolute atomic E-state index is 0.866. The van der Waals surface area contributed by atoms with Crippen LogP contribution in [0.15, 0.2) is 35.5 Å². The summed E-state index contributed by atoms with van der Waals surface area (Å²) in [5, 5.41) is 5.87. The summed E-state index contributed by atoms with van der Waals surface area (Å²) in [6.45, 7) is 6.73. The predicted molar refractivity (Wildman–Crippen MR) is 116 cm³/mol. The van der Waals surface area contributed by atoms with Crippen LogP contribution in [0.25, 0.3) is 10.9 Å². The van der Waals surface area contributed by atoms with Crippen LogP contribution in [0.3, 0.4) is 0 Å². The molecule has 0 aliphatic carbocycles. The van der Waals surface area contributed by atoms with Crippen LogP contribution in [0.1, 0.15) is 18.3 Å². The van der Waals surface area contributed by atoms with Crippen LogP contribution in [0.5, 0.6) is 0 Å². The summed E-state index contributed by atoms with van der Waals surface area (Å²) in [5.41, 5.74) is 2.53. The number of aryl methyl sites for hydroxylation is 1. The van der Waals surface area contributed by atoms with E-state index in [0.717, 1.165) is 62.5 Å². The van der Waals surface area contributed by atoms with Crippen molar-refractivity contribution in [1.29, 1.82) is 0 Å². The molecule has 2 N–H and O–H groups in total. The Balaban J connectivity index is 1.29. The number of para-hydroxylation sites is 1. The smallest absolute Gasteiger partial charge is 0.205 e. The van der Waals surface area contributed by atoms with Crippen molar-refractivity contribution in [2.45, 2.75) is 19.8 Å². The van der Waals surface area contributed by atoms with Gasteiger partial charge in [-0.1, -0.05) is 25.1 Å². The summed E-state index contributed by atoms with van der Waals surface area (Å²) >= 11 is 1.51. The molecule has 28 heavy (non-hydrogen) atoms. The van der Waals surface area contributed by atoms with Crippen molar-refractivity contribution in [3.63, 3.8) is 0 Å². The van der Waals surface area contributed by atoms with Crippen LogP contribution in [0, 0.1) is 0 Å². The number of hydrogen-bond donors (Lipinski definition) is 2. The van der Waals surface area contributed by atoms with Gasteiger partial charge in [-0.2, -0.15) is 4.37 Å². The minimum atomic E-state index is 0.866. The Labute approximate surface area is 169 Å². The van der Waals surface area contributed by atoms with Gasteiger partial charge >= 0.3 is 0 Å². The van der Waals surface area contributed by atoms with E-state index in [9.17, 15) is 0 Å². The van der Waals surface area contributed by atoms with Gasteiger partial charge in [0.2, 0.25) is 5.13 Å². The van der Waals surface area contributed by atoms with Crippen molar-refractivity contribution >= 4 is 33.5 Å². The number of aliphatic imine (C=N–C) groups is 1.